The van der Waals surface area contributed by atoms with E-state index in [1.807, 2.05) is 35.2 Å². The summed E-state index contributed by atoms with van der Waals surface area (Å²) in [5, 5.41) is 8.85. The van der Waals surface area contributed by atoms with Gasteiger partial charge in [-0.15, -0.1) is 10.2 Å². The van der Waals surface area contributed by atoms with E-state index in [4.69, 9.17) is 0 Å². The van der Waals surface area contributed by atoms with Crippen molar-refractivity contribution in [2.75, 3.05) is 22.9 Å². The van der Waals surface area contributed by atoms with Crippen molar-refractivity contribution in [3.05, 3.63) is 66.5 Å². The zero-order valence-electron chi connectivity index (χ0n) is 17.1. The molecule has 6 heteroatoms. The summed E-state index contributed by atoms with van der Waals surface area (Å²) in [6, 6.07) is 16.3. The average Bonchev–Trinajstić information content (AvgIpc) is 3.15. The van der Waals surface area contributed by atoms with Gasteiger partial charge in [-0.1, -0.05) is 18.2 Å². The second-order valence-electron chi connectivity index (χ2n) is 8.19. The number of carbonyl (C=O) groups excluding carboxylic acids is 1. The first kappa shape index (κ1) is 18.7. The maximum atomic E-state index is 13.4. The molecule has 0 radical (unpaired) electrons. The second-order valence-corrected chi connectivity index (χ2v) is 8.19. The molecule has 5 rings (SSSR count). The predicted octanol–water partition coefficient (Wildman–Crippen LogP) is 3.73. The van der Waals surface area contributed by atoms with Gasteiger partial charge in [0.1, 0.15) is 0 Å². The first-order valence-electron chi connectivity index (χ1n) is 10.6. The number of hydrogen-bond acceptors (Lipinski definition) is 5. The first-order chi connectivity index (χ1) is 14.7. The molecule has 6 nitrogen and oxygen atoms in total. The Bertz CT molecular complexity index is 1040. The van der Waals surface area contributed by atoms with Gasteiger partial charge in [0, 0.05) is 42.8 Å². The van der Waals surface area contributed by atoms with Crippen LogP contribution < -0.4 is 9.80 Å². The molecule has 1 fully saturated rings. The normalized spacial score (nSPS) is 20.8. The Hall–Kier alpha value is -3.28. The topological polar surface area (TPSA) is 62.2 Å². The van der Waals surface area contributed by atoms with E-state index in [0.29, 0.717) is 6.54 Å². The van der Waals surface area contributed by atoms with Crippen LogP contribution in [0, 0.1) is 5.92 Å². The number of anilines is 2. The summed E-state index contributed by atoms with van der Waals surface area (Å²) >= 11 is 0. The highest BCUT2D eigenvalue weighted by Gasteiger charge is 2.36. The molecule has 30 heavy (non-hydrogen) atoms. The predicted molar refractivity (Wildman–Crippen MR) is 117 cm³/mol. The van der Waals surface area contributed by atoms with Crippen molar-refractivity contribution >= 4 is 17.4 Å². The van der Waals surface area contributed by atoms with E-state index in [2.05, 4.69) is 45.2 Å². The van der Waals surface area contributed by atoms with Crippen LogP contribution in [0.4, 0.5) is 11.5 Å². The minimum atomic E-state index is -0.0194. The molecule has 3 aromatic rings. The first-order valence-corrected chi connectivity index (χ1v) is 10.6. The van der Waals surface area contributed by atoms with Crippen LogP contribution in [0.2, 0.25) is 0 Å². The van der Waals surface area contributed by atoms with Gasteiger partial charge in [-0.2, -0.15) is 0 Å². The van der Waals surface area contributed by atoms with Crippen LogP contribution in [0.1, 0.15) is 25.3 Å². The van der Waals surface area contributed by atoms with Crippen LogP contribution in [-0.4, -0.2) is 40.2 Å². The lowest BCUT2D eigenvalue weighted by Gasteiger charge is -2.35. The molecule has 1 aromatic carbocycles. The molecular formula is C24H25N5O. The molecular weight excluding hydrogens is 374 g/mol. The van der Waals surface area contributed by atoms with Crippen molar-refractivity contribution in [2.45, 2.75) is 32.2 Å². The van der Waals surface area contributed by atoms with Crippen molar-refractivity contribution in [3.8, 4) is 11.3 Å². The number of benzene rings is 1. The van der Waals surface area contributed by atoms with Crippen molar-refractivity contribution in [1.82, 2.24) is 15.2 Å². The molecule has 1 amide bonds. The number of para-hydroxylation sites is 1. The van der Waals surface area contributed by atoms with Gasteiger partial charge in [0.05, 0.1) is 11.6 Å². The average molecular weight is 399 g/mol. The van der Waals surface area contributed by atoms with E-state index in [0.717, 1.165) is 48.6 Å². The molecule has 0 N–H and O–H groups in total. The van der Waals surface area contributed by atoms with Crippen molar-refractivity contribution < 1.29 is 4.79 Å². The number of piperidine rings is 1. The molecule has 0 saturated carbocycles. The van der Waals surface area contributed by atoms with Crippen LogP contribution in [0.3, 0.4) is 0 Å². The Labute approximate surface area is 176 Å². The third kappa shape index (κ3) is 3.43. The van der Waals surface area contributed by atoms with Gasteiger partial charge in [-0.05, 0) is 62.1 Å². The van der Waals surface area contributed by atoms with E-state index < -0.39 is 0 Å². The van der Waals surface area contributed by atoms with Crippen LogP contribution in [0.25, 0.3) is 11.3 Å². The van der Waals surface area contributed by atoms with Gasteiger partial charge >= 0.3 is 0 Å². The summed E-state index contributed by atoms with van der Waals surface area (Å²) in [7, 11) is 0. The molecule has 152 valence electrons. The highest BCUT2D eigenvalue weighted by atomic mass is 16.2. The fourth-order valence-corrected chi connectivity index (χ4v) is 4.66. The molecule has 0 bridgehead atoms. The molecule has 2 aliphatic rings. The van der Waals surface area contributed by atoms with Crippen molar-refractivity contribution in [2.24, 2.45) is 5.92 Å². The number of nitrogens with zero attached hydrogens (tertiary/aromatic N) is 5. The number of aromatic nitrogens is 3. The fraction of sp³-hybridized carbons (Fsp3) is 0.333. The Morgan fingerprint density at radius 1 is 1.03 bits per heavy atom. The van der Waals surface area contributed by atoms with E-state index in [1.54, 1.807) is 12.4 Å². The minimum Gasteiger partial charge on any atom is -0.354 e. The largest absolute Gasteiger partial charge is 0.354 e. The van der Waals surface area contributed by atoms with E-state index in [1.165, 1.54) is 5.56 Å². The molecule has 0 spiro atoms. The number of rotatable bonds is 3. The standard InChI is InChI=1S/C24H25N5O/c1-17-15-19-5-2-3-7-22(19)29(17)24(30)20-6-4-14-28(16-20)23-9-8-21(26-27-23)18-10-12-25-13-11-18/h2-3,5,7-13,17,20H,4,6,14-16H2,1H3. The minimum absolute atomic E-state index is 0.0194. The van der Waals surface area contributed by atoms with Crippen molar-refractivity contribution in [1.29, 1.82) is 0 Å². The van der Waals surface area contributed by atoms with Gasteiger partial charge in [0.2, 0.25) is 5.91 Å². The lowest BCUT2D eigenvalue weighted by molar-refractivity contribution is -0.122. The smallest absolute Gasteiger partial charge is 0.232 e. The van der Waals surface area contributed by atoms with Gasteiger partial charge in [-0.3, -0.25) is 9.78 Å². The Balaban J connectivity index is 1.32. The molecule has 0 aliphatic carbocycles. The Kier molecular flexibility index (Phi) is 4.91. The summed E-state index contributed by atoms with van der Waals surface area (Å²) < 4.78 is 0. The van der Waals surface area contributed by atoms with Crippen LogP contribution in [-0.2, 0) is 11.2 Å². The van der Waals surface area contributed by atoms with Gasteiger partial charge in [-0.25, -0.2) is 0 Å². The van der Waals surface area contributed by atoms with E-state index in [9.17, 15) is 4.79 Å². The SMILES string of the molecule is CC1Cc2ccccc2N1C(=O)C1CCCN(c2ccc(-c3ccncc3)nn2)C1. The lowest BCUT2D eigenvalue weighted by Crippen LogP contribution is -2.47. The summed E-state index contributed by atoms with van der Waals surface area (Å²) in [5.74, 6) is 1.05. The molecule has 4 heterocycles. The number of fused-ring (bicyclic) bond motifs is 1. The molecule has 1 saturated heterocycles. The van der Waals surface area contributed by atoms with Crippen LogP contribution in [0.15, 0.2) is 60.9 Å². The van der Waals surface area contributed by atoms with Gasteiger partial charge < -0.3 is 9.80 Å². The highest BCUT2D eigenvalue weighted by Crippen LogP contribution is 2.34. The zero-order chi connectivity index (χ0) is 20.5. The van der Waals surface area contributed by atoms with E-state index >= 15 is 0 Å². The van der Waals surface area contributed by atoms with Gasteiger partial charge in [0.15, 0.2) is 5.82 Å². The second kappa shape index (κ2) is 7.86. The maximum Gasteiger partial charge on any atom is 0.232 e. The third-order valence-corrected chi connectivity index (χ3v) is 6.17. The van der Waals surface area contributed by atoms with Gasteiger partial charge in [0.25, 0.3) is 0 Å². The summed E-state index contributed by atoms with van der Waals surface area (Å²) in [6.07, 6.45) is 6.34. The summed E-state index contributed by atoms with van der Waals surface area (Å²) in [5.41, 5.74) is 4.17. The Morgan fingerprint density at radius 3 is 2.67 bits per heavy atom. The molecule has 2 unspecified atom stereocenters. The van der Waals surface area contributed by atoms with E-state index in [-0.39, 0.29) is 17.9 Å². The summed E-state index contributed by atoms with van der Waals surface area (Å²) in [6.45, 7) is 3.73. The Morgan fingerprint density at radius 2 is 1.87 bits per heavy atom. The van der Waals surface area contributed by atoms with Crippen LogP contribution >= 0.6 is 0 Å². The maximum absolute atomic E-state index is 13.4. The fourth-order valence-electron chi connectivity index (χ4n) is 4.66. The molecule has 2 atom stereocenters. The number of carbonyl (C=O) groups is 1. The highest BCUT2D eigenvalue weighted by molar-refractivity contribution is 5.98. The molecule has 2 aliphatic heterocycles. The zero-order valence-corrected chi connectivity index (χ0v) is 17.1. The third-order valence-electron chi connectivity index (χ3n) is 6.17. The number of amides is 1. The summed E-state index contributed by atoms with van der Waals surface area (Å²) in [4.78, 5) is 21.7. The molecule has 2 aromatic heterocycles. The quantitative estimate of drug-likeness (QED) is 0.672. The number of pyridine rings is 1. The monoisotopic (exact) mass is 399 g/mol. The number of hydrogen-bond donors (Lipinski definition) is 0. The van der Waals surface area contributed by atoms with Crippen molar-refractivity contribution in [3.63, 3.8) is 0 Å². The lowest BCUT2D eigenvalue weighted by atomic mass is 9.96. The van der Waals surface area contributed by atoms with Crippen LogP contribution in [0.5, 0.6) is 0 Å².